The fourth-order valence-corrected chi connectivity index (χ4v) is 4.68. The number of hydrazine groups is 1. The van der Waals surface area contributed by atoms with Crippen LogP contribution < -0.4 is 10.1 Å². The number of benzene rings is 1. The molecule has 3 rings (SSSR count). The van der Waals surface area contributed by atoms with E-state index in [1.54, 1.807) is 25.1 Å². The number of fused-ring (bicyclic) bond motifs is 1. The van der Waals surface area contributed by atoms with Crippen LogP contribution in [0.2, 0.25) is 0 Å². The quantitative estimate of drug-likeness (QED) is 0.886. The molecule has 6 nitrogen and oxygen atoms in total. The van der Waals surface area contributed by atoms with Gasteiger partial charge in [0.25, 0.3) is 10.0 Å². The standard InChI is InChI=1S/C15H21N3O3S/c1-11-5-2-3-8-14(11)22(20,21)17-15(19)16-18-9-12-6-4-7-13(12)10-18/h2-3,5,8,12-13H,4,6-7,9-10H2,1H3,(H2,16,17,19)/t12-,13+. The molecule has 1 heterocycles. The van der Waals surface area contributed by atoms with Crippen LogP contribution in [0.3, 0.4) is 0 Å². The lowest BCUT2D eigenvalue weighted by atomic mass is 10.0. The summed E-state index contributed by atoms with van der Waals surface area (Å²) in [5.41, 5.74) is 3.27. The van der Waals surface area contributed by atoms with E-state index in [0.717, 1.165) is 13.1 Å². The highest BCUT2D eigenvalue weighted by Crippen LogP contribution is 2.36. The van der Waals surface area contributed by atoms with Crippen LogP contribution in [0, 0.1) is 18.8 Å². The maximum Gasteiger partial charge on any atom is 0.343 e. The molecule has 1 aromatic rings. The summed E-state index contributed by atoms with van der Waals surface area (Å²) in [6, 6.07) is 5.90. The summed E-state index contributed by atoms with van der Waals surface area (Å²) < 4.78 is 26.6. The molecule has 0 spiro atoms. The SMILES string of the molecule is Cc1ccccc1S(=O)(=O)NC(=O)NN1C[C@H]2CCC[C@H]2C1. The summed E-state index contributed by atoms with van der Waals surface area (Å²) in [4.78, 5) is 12.1. The van der Waals surface area contributed by atoms with Crippen molar-refractivity contribution in [3.8, 4) is 0 Å². The minimum Gasteiger partial charge on any atom is -0.270 e. The monoisotopic (exact) mass is 323 g/mol. The van der Waals surface area contributed by atoms with E-state index in [4.69, 9.17) is 0 Å². The summed E-state index contributed by atoms with van der Waals surface area (Å²) in [5, 5.41) is 1.83. The first-order chi connectivity index (χ1) is 10.5. The third-order valence-electron chi connectivity index (χ3n) is 4.60. The van der Waals surface area contributed by atoms with Crippen LogP contribution in [-0.4, -0.2) is 32.5 Å². The third-order valence-corrected chi connectivity index (χ3v) is 6.09. The van der Waals surface area contributed by atoms with Gasteiger partial charge < -0.3 is 0 Å². The van der Waals surface area contributed by atoms with Crippen molar-refractivity contribution in [3.05, 3.63) is 29.8 Å². The highest BCUT2D eigenvalue weighted by Gasteiger charge is 2.36. The van der Waals surface area contributed by atoms with Crippen molar-refractivity contribution in [1.29, 1.82) is 0 Å². The van der Waals surface area contributed by atoms with Crippen molar-refractivity contribution in [2.75, 3.05) is 13.1 Å². The molecule has 7 heteroatoms. The lowest BCUT2D eigenvalue weighted by molar-refractivity contribution is 0.195. The van der Waals surface area contributed by atoms with Crippen LogP contribution in [0.25, 0.3) is 0 Å². The average molecular weight is 323 g/mol. The fourth-order valence-electron chi connectivity index (χ4n) is 3.53. The number of sulfonamides is 1. The van der Waals surface area contributed by atoms with Gasteiger partial charge in [0.1, 0.15) is 0 Å². The molecule has 1 aromatic carbocycles. The van der Waals surface area contributed by atoms with E-state index in [-0.39, 0.29) is 4.90 Å². The number of nitrogens with one attached hydrogen (secondary N) is 2. The first kappa shape index (κ1) is 15.3. The second kappa shape index (κ2) is 5.89. The van der Waals surface area contributed by atoms with E-state index >= 15 is 0 Å². The first-order valence-corrected chi connectivity index (χ1v) is 9.08. The number of hydrogen-bond donors (Lipinski definition) is 2. The number of carbonyl (C=O) groups excluding carboxylic acids is 1. The van der Waals surface area contributed by atoms with Gasteiger partial charge in [0.15, 0.2) is 0 Å². The number of rotatable bonds is 3. The normalized spacial score (nSPS) is 25.0. The molecule has 2 atom stereocenters. The van der Waals surface area contributed by atoms with E-state index in [1.165, 1.54) is 25.3 Å². The summed E-state index contributed by atoms with van der Waals surface area (Å²) in [5.74, 6) is 1.27. The Labute approximate surface area is 130 Å². The van der Waals surface area contributed by atoms with Gasteiger partial charge in [0.05, 0.1) is 4.90 Å². The number of carbonyl (C=O) groups is 1. The smallest absolute Gasteiger partial charge is 0.270 e. The van der Waals surface area contributed by atoms with Gasteiger partial charge >= 0.3 is 6.03 Å². The molecule has 1 aliphatic heterocycles. The number of aryl methyl sites for hydroxylation is 1. The Kier molecular flexibility index (Phi) is 4.10. The van der Waals surface area contributed by atoms with E-state index < -0.39 is 16.1 Å². The van der Waals surface area contributed by atoms with Gasteiger partial charge in [-0.05, 0) is 43.2 Å². The Morgan fingerprint density at radius 3 is 2.45 bits per heavy atom. The van der Waals surface area contributed by atoms with Crippen LogP contribution in [0.4, 0.5) is 4.79 Å². The van der Waals surface area contributed by atoms with Gasteiger partial charge in [-0.25, -0.2) is 22.9 Å². The maximum atomic E-state index is 12.2. The Morgan fingerprint density at radius 1 is 1.18 bits per heavy atom. The van der Waals surface area contributed by atoms with Crippen molar-refractivity contribution >= 4 is 16.1 Å². The van der Waals surface area contributed by atoms with E-state index in [0.29, 0.717) is 17.4 Å². The molecule has 2 fully saturated rings. The second-order valence-corrected chi connectivity index (χ2v) is 7.82. The van der Waals surface area contributed by atoms with Gasteiger partial charge in [-0.15, -0.1) is 0 Å². The van der Waals surface area contributed by atoms with Gasteiger partial charge in [-0.3, -0.25) is 5.43 Å². The molecule has 22 heavy (non-hydrogen) atoms. The third kappa shape index (κ3) is 3.10. The molecule has 0 radical (unpaired) electrons. The van der Waals surface area contributed by atoms with Crippen molar-refractivity contribution in [3.63, 3.8) is 0 Å². The molecule has 0 aromatic heterocycles. The number of nitrogens with zero attached hydrogens (tertiary/aromatic N) is 1. The summed E-state index contributed by atoms with van der Waals surface area (Å²) in [6.07, 6.45) is 3.66. The zero-order valence-electron chi connectivity index (χ0n) is 12.6. The Balaban J connectivity index is 1.61. The molecule has 2 N–H and O–H groups in total. The van der Waals surface area contributed by atoms with Gasteiger partial charge in [0.2, 0.25) is 0 Å². The van der Waals surface area contributed by atoms with Crippen LogP contribution in [-0.2, 0) is 10.0 Å². The van der Waals surface area contributed by atoms with Crippen LogP contribution in [0.5, 0.6) is 0 Å². The Morgan fingerprint density at radius 2 is 1.82 bits per heavy atom. The molecule has 2 amide bonds. The summed E-state index contributed by atoms with van der Waals surface area (Å²) in [7, 11) is -3.84. The minimum absolute atomic E-state index is 0.128. The molecule has 1 saturated heterocycles. The molecular formula is C15H21N3O3S. The summed E-state index contributed by atoms with van der Waals surface area (Å²) in [6.45, 7) is 3.32. The first-order valence-electron chi connectivity index (χ1n) is 7.60. The van der Waals surface area contributed by atoms with E-state index in [2.05, 4.69) is 10.1 Å². The largest absolute Gasteiger partial charge is 0.343 e. The van der Waals surface area contributed by atoms with Gasteiger partial charge in [0, 0.05) is 13.1 Å². The zero-order valence-corrected chi connectivity index (χ0v) is 13.4. The molecular weight excluding hydrogens is 302 g/mol. The molecule has 1 saturated carbocycles. The van der Waals surface area contributed by atoms with Crippen LogP contribution in [0.1, 0.15) is 24.8 Å². The zero-order chi connectivity index (χ0) is 15.7. The number of amides is 2. The molecule has 2 aliphatic rings. The molecule has 120 valence electrons. The highest BCUT2D eigenvalue weighted by molar-refractivity contribution is 7.90. The van der Waals surface area contributed by atoms with Crippen molar-refractivity contribution in [1.82, 2.24) is 15.2 Å². The Hall–Kier alpha value is -1.60. The molecule has 0 bridgehead atoms. The number of hydrogen-bond acceptors (Lipinski definition) is 4. The maximum absolute atomic E-state index is 12.2. The molecule has 1 aliphatic carbocycles. The predicted octanol–water partition coefficient (Wildman–Crippen LogP) is 1.63. The lowest BCUT2D eigenvalue weighted by Gasteiger charge is -2.18. The van der Waals surface area contributed by atoms with Crippen molar-refractivity contribution in [2.45, 2.75) is 31.1 Å². The van der Waals surface area contributed by atoms with E-state index in [9.17, 15) is 13.2 Å². The average Bonchev–Trinajstić information content (AvgIpc) is 2.98. The Bertz CT molecular complexity index is 662. The number of urea groups is 1. The molecule has 0 unspecified atom stereocenters. The predicted molar refractivity (Wildman–Crippen MR) is 82.4 cm³/mol. The highest BCUT2D eigenvalue weighted by atomic mass is 32.2. The topological polar surface area (TPSA) is 78.5 Å². The van der Waals surface area contributed by atoms with E-state index in [1.807, 2.05) is 5.01 Å². The minimum atomic E-state index is -3.84. The summed E-state index contributed by atoms with van der Waals surface area (Å²) >= 11 is 0. The lowest BCUT2D eigenvalue weighted by Crippen LogP contribution is -2.48. The van der Waals surface area contributed by atoms with Crippen LogP contribution in [0.15, 0.2) is 29.2 Å². The van der Waals surface area contributed by atoms with Crippen molar-refractivity contribution in [2.24, 2.45) is 11.8 Å². The van der Waals surface area contributed by atoms with Crippen molar-refractivity contribution < 1.29 is 13.2 Å². The van der Waals surface area contributed by atoms with Crippen LogP contribution >= 0.6 is 0 Å². The fraction of sp³-hybridized carbons (Fsp3) is 0.533. The second-order valence-electron chi connectivity index (χ2n) is 6.17. The van der Waals surface area contributed by atoms with Gasteiger partial charge in [-0.2, -0.15) is 0 Å². The van der Waals surface area contributed by atoms with Gasteiger partial charge in [-0.1, -0.05) is 24.6 Å².